The molecule has 0 spiro atoms. The normalized spacial score (nSPS) is 16.1. The van der Waals surface area contributed by atoms with Crippen molar-refractivity contribution in [3.8, 4) is 0 Å². The molecule has 0 aromatic heterocycles. The number of hydrogen-bond donors (Lipinski definition) is 6. The Morgan fingerprint density at radius 1 is 0.549 bits per heavy atom. The molecule has 0 aliphatic heterocycles. The lowest BCUT2D eigenvalue weighted by molar-refractivity contribution is 0.0624. The van der Waals surface area contributed by atoms with Crippen LogP contribution in [0, 0.1) is 49.9 Å². The quantitative estimate of drug-likeness (QED) is 0.0531. The Bertz CT molecular complexity index is 1720. The Morgan fingerprint density at radius 2 is 0.944 bits per heavy atom. The Labute approximate surface area is 427 Å². The molecule has 1 fully saturated rings. The van der Waals surface area contributed by atoms with E-state index in [-0.39, 0.29) is 46.7 Å². The second-order valence-corrected chi connectivity index (χ2v) is 20.6. The van der Waals surface area contributed by atoms with Crippen molar-refractivity contribution in [1.82, 2.24) is 21.3 Å². The third-order valence-corrected chi connectivity index (χ3v) is 11.6. The van der Waals surface area contributed by atoms with E-state index in [0.717, 1.165) is 92.9 Å². The van der Waals surface area contributed by atoms with Crippen molar-refractivity contribution in [2.24, 2.45) is 22.2 Å². The number of carbonyl (C=O) groups is 6. The van der Waals surface area contributed by atoms with Gasteiger partial charge in [0.1, 0.15) is 0 Å². The molecule has 0 radical (unpaired) electrons. The average Bonchev–Trinajstić information content (AvgIpc) is 3.30. The molecule has 18 heteroatoms. The number of rotatable bonds is 24. The van der Waals surface area contributed by atoms with Crippen LogP contribution < -0.4 is 31.9 Å². The van der Waals surface area contributed by atoms with Gasteiger partial charge in [0.2, 0.25) is 0 Å². The zero-order chi connectivity index (χ0) is 54.2. The summed E-state index contributed by atoms with van der Waals surface area (Å²) >= 11 is 0. The molecular weight excluding hydrogens is 913 g/mol. The van der Waals surface area contributed by atoms with Crippen LogP contribution in [0.2, 0.25) is 0 Å². The van der Waals surface area contributed by atoms with Gasteiger partial charge in [0.25, 0.3) is 0 Å². The highest BCUT2D eigenvalue weighted by atomic mass is 16.6. The molecule has 1 aliphatic carbocycles. The van der Waals surface area contributed by atoms with Gasteiger partial charge >= 0.3 is 36.6 Å². The number of anilines is 2. The fraction of sp³-hybridized carbons (Fsp3) is 0.774. The van der Waals surface area contributed by atoms with E-state index >= 15 is 0 Å². The van der Waals surface area contributed by atoms with E-state index in [2.05, 4.69) is 73.4 Å². The van der Waals surface area contributed by atoms with Gasteiger partial charge in [0.15, 0.2) is 0 Å². The van der Waals surface area contributed by atoms with Crippen LogP contribution in [-0.2, 0) is 28.4 Å². The van der Waals surface area contributed by atoms with Crippen molar-refractivity contribution in [2.75, 3.05) is 69.9 Å². The van der Waals surface area contributed by atoms with Crippen molar-refractivity contribution < 1.29 is 57.2 Å². The summed E-state index contributed by atoms with van der Waals surface area (Å²) in [7, 11) is 0. The second kappa shape index (κ2) is 35.0. The maximum atomic E-state index is 11.9. The standard InChI is InChI=1S/C18H28N2O4.C18H34N2O4.C17H34N2O4/c1-7-9-23-17(21)19-15-12(4)11(3)13(5)16(14(15)6)20-18(22)24-10-8-2;1-6-8-23-15(21)19-13-18(5)11-14(10-17(3,4)12-18)20-16(22)24-9-7-2;1-6-10-22-15(20)18-9-8-14(3)12-17(4,5)13-19-16(21)23-11-7-2/h7-10H2,1-6H3,(H,19,21)(H,20,22);14H,6-13H2,1-5H3,(H,19,21)(H,20,22);14H,6-13H2,1-5H3,(H,18,20)(H,19,21). The van der Waals surface area contributed by atoms with Gasteiger partial charge in [-0.3, -0.25) is 10.6 Å². The zero-order valence-corrected chi connectivity index (χ0v) is 46.7. The van der Waals surface area contributed by atoms with Gasteiger partial charge in [-0.25, -0.2) is 28.8 Å². The van der Waals surface area contributed by atoms with E-state index < -0.39 is 12.2 Å². The maximum absolute atomic E-state index is 11.9. The van der Waals surface area contributed by atoms with Crippen molar-refractivity contribution in [2.45, 2.75) is 187 Å². The van der Waals surface area contributed by atoms with Crippen LogP contribution in [0.5, 0.6) is 0 Å². The number of ether oxygens (including phenoxy) is 6. The lowest BCUT2D eigenvalue weighted by Gasteiger charge is -2.46. The van der Waals surface area contributed by atoms with Crippen LogP contribution in [0.25, 0.3) is 0 Å². The number of hydrogen-bond acceptors (Lipinski definition) is 12. The third kappa shape index (κ3) is 29.1. The highest BCUT2D eigenvalue weighted by molar-refractivity contribution is 5.94. The number of alkyl carbamates (subject to hydrolysis) is 4. The Balaban J connectivity index is 0.00000104. The van der Waals surface area contributed by atoms with Crippen LogP contribution in [0.1, 0.15) is 176 Å². The predicted octanol–water partition coefficient (Wildman–Crippen LogP) is 12.4. The second-order valence-electron chi connectivity index (χ2n) is 20.6. The lowest BCUT2D eigenvalue weighted by atomic mass is 9.62. The number of nitrogens with one attached hydrogen (secondary N) is 6. The van der Waals surface area contributed by atoms with Gasteiger partial charge in [-0.15, -0.1) is 0 Å². The minimum Gasteiger partial charge on any atom is -0.450 e. The third-order valence-electron chi connectivity index (χ3n) is 11.6. The molecule has 6 N–H and O–H groups in total. The molecule has 1 saturated carbocycles. The van der Waals surface area contributed by atoms with E-state index in [1.165, 1.54) is 0 Å². The monoisotopic (exact) mass is 1010 g/mol. The predicted molar refractivity (Wildman–Crippen MR) is 281 cm³/mol. The summed E-state index contributed by atoms with van der Waals surface area (Å²) in [5.41, 5.74) is 4.97. The first-order valence-electron chi connectivity index (χ1n) is 26.0. The van der Waals surface area contributed by atoms with Crippen molar-refractivity contribution in [3.05, 3.63) is 22.3 Å². The van der Waals surface area contributed by atoms with Crippen LogP contribution in [0.4, 0.5) is 40.1 Å². The highest BCUT2D eigenvalue weighted by Gasteiger charge is 2.42. The van der Waals surface area contributed by atoms with E-state index in [4.69, 9.17) is 28.4 Å². The molecule has 18 nitrogen and oxygen atoms in total. The smallest absolute Gasteiger partial charge is 0.411 e. The SMILES string of the molecule is CCCOC(=O)NCC1(C)CC(NC(=O)OCCC)CC(C)(C)C1.CCCOC(=O)NCCC(C)CC(C)(C)CNC(=O)OCCC.CCCOC(=O)Nc1c(C)c(C)c(C)c(NC(=O)OCCC)c1C. The largest absolute Gasteiger partial charge is 0.450 e. The molecule has 1 aromatic rings. The first-order chi connectivity index (χ1) is 33.3. The summed E-state index contributed by atoms with van der Waals surface area (Å²) in [6.45, 7) is 36.6. The Morgan fingerprint density at radius 3 is 1.38 bits per heavy atom. The minimum atomic E-state index is -0.495. The van der Waals surface area contributed by atoms with Crippen molar-refractivity contribution in [1.29, 1.82) is 0 Å². The first kappa shape index (κ1) is 65.8. The summed E-state index contributed by atoms with van der Waals surface area (Å²) in [6.07, 6.45) is 6.91. The van der Waals surface area contributed by atoms with Crippen LogP contribution in [-0.4, -0.2) is 102 Å². The van der Waals surface area contributed by atoms with E-state index in [1.807, 2.05) is 69.2 Å². The molecule has 0 bridgehead atoms. The van der Waals surface area contributed by atoms with Crippen molar-refractivity contribution >= 4 is 47.9 Å². The molecule has 2 rings (SSSR count). The Hall–Kier alpha value is -5.16. The first-order valence-corrected chi connectivity index (χ1v) is 26.0. The topological polar surface area (TPSA) is 230 Å². The molecule has 410 valence electrons. The molecule has 0 saturated heterocycles. The van der Waals surface area contributed by atoms with Gasteiger partial charge in [0.05, 0.1) is 51.0 Å². The molecule has 6 amide bonds. The maximum Gasteiger partial charge on any atom is 0.411 e. The van der Waals surface area contributed by atoms with E-state index in [0.29, 0.717) is 76.6 Å². The van der Waals surface area contributed by atoms with Crippen LogP contribution in [0.3, 0.4) is 0 Å². The molecule has 1 aromatic carbocycles. The van der Waals surface area contributed by atoms with E-state index in [9.17, 15) is 28.8 Å². The molecular formula is C53H96N6O12. The van der Waals surface area contributed by atoms with Crippen molar-refractivity contribution in [3.63, 3.8) is 0 Å². The average molecular weight is 1010 g/mol. The molecule has 0 heterocycles. The summed E-state index contributed by atoms with van der Waals surface area (Å²) in [6, 6.07) is 0.0524. The van der Waals surface area contributed by atoms with Gasteiger partial charge in [0, 0.05) is 25.7 Å². The highest BCUT2D eigenvalue weighted by Crippen LogP contribution is 2.46. The molecule has 3 atom stereocenters. The van der Waals surface area contributed by atoms with Gasteiger partial charge in [-0.05, 0) is 143 Å². The summed E-state index contributed by atoms with van der Waals surface area (Å²) in [4.78, 5) is 70.2. The molecule has 1 aliphatic rings. The molecule has 71 heavy (non-hydrogen) atoms. The summed E-state index contributed by atoms with van der Waals surface area (Å²) in [5.74, 6) is 0.435. The number of benzene rings is 1. The van der Waals surface area contributed by atoms with E-state index in [1.54, 1.807) is 0 Å². The lowest BCUT2D eigenvalue weighted by Crippen LogP contribution is -2.50. The fourth-order valence-corrected chi connectivity index (χ4v) is 8.53. The molecule has 3 unspecified atom stereocenters. The summed E-state index contributed by atoms with van der Waals surface area (Å²) in [5, 5.41) is 17.0. The zero-order valence-electron chi connectivity index (χ0n) is 46.7. The number of carbonyl (C=O) groups excluding carboxylic acids is 6. The van der Waals surface area contributed by atoms with Crippen LogP contribution in [0.15, 0.2) is 0 Å². The van der Waals surface area contributed by atoms with Gasteiger partial charge < -0.3 is 49.7 Å². The Kier molecular flexibility index (Phi) is 32.5. The number of amides is 6. The van der Waals surface area contributed by atoms with Gasteiger partial charge in [-0.1, -0.05) is 83.1 Å². The van der Waals surface area contributed by atoms with Crippen LogP contribution >= 0.6 is 0 Å². The van der Waals surface area contributed by atoms with Gasteiger partial charge in [-0.2, -0.15) is 0 Å². The minimum absolute atomic E-state index is 0.0205. The summed E-state index contributed by atoms with van der Waals surface area (Å²) < 4.78 is 30.3. The fourth-order valence-electron chi connectivity index (χ4n) is 8.53.